The molecular formula is C14H19N3O5S. The van der Waals surface area contributed by atoms with Crippen LogP contribution in [0.1, 0.15) is 16.8 Å². The van der Waals surface area contributed by atoms with E-state index in [-0.39, 0.29) is 18.6 Å². The largest absolute Gasteiger partial charge is 0.455 e. The first kappa shape index (κ1) is 19.3. The van der Waals surface area contributed by atoms with Crippen molar-refractivity contribution in [1.29, 1.82) is 0 Å². The van der Waals surface area contributed by atoms with Crippen LogP contribution in [-0.4, -0.2) is 57.8 Å². The van der Waals surface area contributed by atoms with Crippen LogP contribution >= 0.6 is 11.8 Å². The lowest BCUT2D eigenvalue weighted by atomic mass is 10.0. The number of aliphatic hydroxyl groups excluding tert-OH is 3. The molecule has 0 fully saturated rings. The zero-order valence-electron chi connectivity index (χ0n) is 12.5. The van der Waals surface area contributed by atoms with Gasteiger partial charge in [0.1, 0.15) is 17.6 Å². The van der Waals surface area contributed by atoms with E-state index in [1.54, 1.807) is 24.5 Å². The first-order chi connectivity index (χ1) is 11.0. The molecule has 0 radical (unpaired) electrons. The van der Waals surface area contributed by atoms with Gasteiger partial charge in [0.05, 0.1) is 11.7 Å². The highest BCUT2D eigenvalue weighted by Gasteiger charge is 2.35. The molecule has 0 aromatic heterocycles. The smallest absolute Gasteiger partial charge is 0.338 e. The molecule has 0 aliphatic carbocycles. The normalized spacial score (nSPS) is 15.8. The molecule has 23 heavy (non-hydrogen) atoms. The maximum Gasteiger partial charge on any atom is 0.338 e. The number of ether oxygens (including phenoxy) is 1. The number of benzene rings is 1. The molecule has 0 aliphatic rings. The van der Waals surface area contributed by atoms with E-state index in [2.05, 4.69) is 10.0 Å². The first-order valence-corrected chi connectivity index (χ1v) is 8.14. The lowest BCUT2D eigenvalue weighted by Gasteiger charge is -2.29. The topological polar surface area (TPSA) is 136 Å². The summed E-state index contributed by atoms with van der Waals surface area (Å²) in [6.45, 7) is -0.340. The zero-order chi connectivity index (χ0) is 17.2. The minimum atomic E-state index is -1.26. The van der Waals surface area contributed by atoms with Gasteiger partial charge in [0.15, 0.2) is 0 Å². The summed E-state index contributed by atoms with van der Waals surface area (Å²) >= 11 is 0.981. The SMILES string of the molecule is CS[C@H](O)[C@H](OC(=O)c1ccccc1)C(N=[N+]=[N-])[C@H](O)CCO. The van der Waals surface area contributed by atoms with Crippen molar-refractivity contribution >= 4 is 17.7 Å². The summed E-state index contributed by atoms with van der Waals surface area (Å²) in [5, 5.41) is 32.4. The molecule has 0 aliphatic heterocycles. The third-order valence-electron chi connectivity index (χ3n) is 3.12. The van der Waals surface area contributed by atoms with Crippen molar-refractivity contribution in [3.63, 3.8) is 0 Å². The highest BCUT2D eigenvalue weighted by molar-refractivity contribution is 7.99. The van der Waals surface area contributed by atoms with Crippen molar-refractivity contribution in [1.82, 2.24) is 0 Å². The first-order valence-electron chi connectivity index (χ1n) is 6.85. The van der Waals surface area contributed by atoms with Crippen LogP contribution in [-0.2, 0) is 4.74 Å². The molecular weight excluding hydrogens is 322 g/mol. The highest BCUT2D eigenvalue weighted by atomic mass is 32.2. The number of hydrogen-bond donors (Lipinski definition) is 3. The highest BCUT2D eigenvalue weighted by Crippen LogP contribution is 2.22. The molecule has 1 rings (SSSR count). The van der Waals surface area contributed by atoms with Crippen LogP contribution in [0.3, 0.4) is 0 Å². The summed E-state index contributed by atoms with van der Waals surface area (Å²) in [5.74, 6) is -0.710. The lowest BCUT2D eigenvalue weighted by Crippen LogP contribution is -2.45. The number of azide groups is 1. The number of thioether (sulfide) groups is 1. The van der Waals surface area contributed by atoms with Gasteiger partial charge in [-0.2, -0.15) is 0 Å². The molecule has 0 saturated heterocycles. The molecule has 0 heterocycles. The molecule has 0 spiro atoms. The van der Waals surface area contributed by atoms with Gasteiger partial charge in [0.25, 0.3) is 0 Å². The van der Waals surface area contributed by atoms with E-state index in [1.165, 1.54) is 12.1 Å². The van der Waals surface area contributed by atoms with Gasteiger partial charge >= 0.3 is 5.97 Å². The summed E-state index contributed by atoms with van der Waals surface area (Å²) < 4.78 is 5.26. The fourth-order valence-corrected chi connectivity index (χ4v) is 2.41. The van der Waals surface area contributed by atoms with Gasteiger partial charge in [-0.1, -0.05) is 23.3 Å². The maximum atomic E-state index is 12.2. The van der Waals surface area contributed by atoms with Crippen LogP contribution < -0.4 is 0 Å². The molecule has 8 nitrogen and oxygen atoms in total. The van der Waals surface area contributed by atoms with Gasteiger partial charge in [0, 0.05) is 11.5 Å². The van der Waals surface area contributed by atoms with Crippen LogP contribution in [0.5, 0.6) is 0 Å². The third-order valence-corrected chi connectivity index (χ3v) is 3.87. The standard InChI is InChI=1S/C14H19N3O5S/c1-23-14(21)12(11(16-17-15)10(19)7-8-18)22-13(20)9-5-3-2-4-6-9/h2-6,10-12,14,18-19,21H,7-8H2,1H3/t10-,11?,12-,14+/m1/s1. The molecule has 126 valence electrons. The maximum absolute atomic E-state index is 12.2. The summed E-state index contributed by atoms with van der Waals surface area (Å²) in [7, 11) is 0. The third kappa shape index (κ3) is 5.74. The molecule has 4 atom stereocenters. The van der Waals surface area contributed by atoms with Crippen LogP contribution in [0.25, 0.3) is 10.4 Å². The van der Waals surface area contributed by atoms with Gasteiger partial charge < -0.3 is 20.1 Å². The summed E-state index contributed by atoms with van der Waals surface area (Å²) in [6.07, 6.45) is -1.01. The number of carbonyl (C=O) groups is 1. The Morgan fingerprint density at radius 3 is 2.57 bits per heavy atom. The Labute approximate surface area is 137 Å². The number of aliphatic hydroxyl groups is 3. The van der Waals surface area contributed by atoms with Gasteiger partial charge in [0.2, 0.25) is 0 Å². The van der Waals surface area contributed by atoms with Gasteiger partial charge in [-0.05, 0) is 30.3 Å². The molecule has 9 heteroatoms. The Morgan fingerprint density at radius 2 is 2.04 bits per heavy atom. The van der Waals surface area contributed by atoms with Crippen molar-refractivity contribution in [3.8, 4) is 0 Å². The zero-order valence-corrected chi connectivity index (χ0v) is 13.3. The molecule has 0 saturated carbocycles. The van der Waals surface area contributed by atoms with Gasteiger partial charge in [-0.25, -0.2) is 4.79 Å². The predicted molar refractivity (Wildman–Crippen MR) is 85.8 cm³/mol. The Balaban J connectivity index is 3.01. The summed E-state index contributed by atoms with van der Waals surface area (Å²) in [6, 6.07) is 6.90. The minimum Gasteiger partial charge on any atom is -0.455 e. The molecule has 1 unspecified atom stereocenters. The van der Waals surface area contributed by atoms with E-state index in [1.807, 2.05) is 0 Å². The second-order valence-corrected chi connectivity index (χ2v) is 5.59. The molecule has 1 aromatic rings. The monoisotopic (exact) mass is 341 g/mol. The fraction of sp³-hybridized carbons (Fsp3) is 0.500. The number of rotatable bonds is 9. The van der Waals surface area contributed by atoms with Crippen LogP contribution in [0.15, 0.2) is 35.4 Å². The Kier molecular flexibility index (Phi) is 8.46. The molecule has 0 amide bonds. The minimum absolute atomic E-state index is 0.0792. The lowest BCUT2D eigenvalue weighted by molar-refractivity contribution is -0.0268. The van der Waals surface area contributed by atoms with E-state index in [4.69, 9.17) is 15.4 Å². The molecule has 0 bridgehead atoms. The average Bonchev–Trinajstić information content (AvgIpc) is 2.58. The Morgan fingerprint density at radius 1 is 1.39 bits per heavy atom. The fourth-order valence-electron chi connectivity index (χ4n) is 1.92. The summed E-state index contributed by atoms with van der Waals surface area (Å²) in [4.78, 5) is 14.8. The quantitative estimate of drug-likeness (QED) is 0.204. The van der Waals surface area contributed by atoms with Gasteiger partial charge in [-0.15, -0.1) is 11.8 Å². The predicted octanol–water partition coefficient (Wildman–Crippen LogP) is 1.32. The summed E-state index contributed by atoms with van der Waals surface area (Å²) in [5.41, 5.74) is 7.73. The van der Waals surface area contributed by atoms with Crippen LogP contribution in [0, 0.1) is 0 Å². The van der Waals surface area contributed by atoms with Crippen molar-refractivity contribution < 1.29 is 24.9 Å². The van der Waals surface area contributed by atoms with Crippen molar-refractivity contribution in [2.24, 2.45) is 5.11 Å². The van der Waals surface area contributed by atoms with E-state index in [0.29, 0.717) is 0 Å². The molecule has 3 N–H and O–H groups in total. The van der Waals surface area contributed by atoms with E-state index >= 15 is 0 Å². The Hall–Kier alpha value is -1.77. The second-order valence-electron chi connectivity index (χ2n) is 4.64. The second kappa shape index (κ2) is 10.1. The average molecular weight is 341 g/mol. The van der Waals surface area contributed by atoms with E-state index < -0.39 is 29.7 Å². The van der Waals surface area contributed by atoms with Crippen molar-refractivity contribution in [2.45, 2.75) is 30.1 Å². The Bertz CT molecular complexity index is 538. The van der Waals surface area contributed by atoms with Crippen LogP contribution in [0.2, 0.25) is 0 Å². The van der Waals surface area contributed by atoms with Crippen LogP contribution in [0.4, 0.5) is 0 Å². The van der Waals surface area contributed by atoms with Gasteiger partial charge in [-0.3, -0.25) is 0 Å². The van der Waals surface area contributed by atoms with Crippen molar-refractivity contribution in [2.75, 3.05) is 12.9 Å². The van der Waals surface area contributed by atoms with Crippen molar-refractivity contribution in [3.05, 3.63) is 46.3 Å². The number of carbonyl (C=O) groups excluding carboxylic acids is 1. The number of nitrogens with zero attached hydrogens (tertiary/aromatic N) is 3. The number of esters is 1. The van der Waals surface area contributed by atoms with E-state index in [9.17, 15) is 15.0 Å². The molecule has 1 aromatic carbocycles. The van der Waals surface area contributed by atoms with E-state index in [0.717, 1.165) is 11.8 Å². The number of hydrogen-bond acceptors (Lipinski definition) is 7.